The number of rotatable bonds is 5. The fourth-order valence-corrected chi connectivity index (χ4v) is 2.10. The Morgan fingerprint density at radius 3 is 2.30 bits per heavy atom. The van der Waals surface area contributed by atoms with Gasteiger partial charge in [0.1, 0.15) is 6.61 Å². The molecular formula is C19H18F3N3O2. The summed E-state index contributed by atoms with van der Waals surface area (Å²) in [6.45, 7) is 2.82. The Morgan fingerprint density at radius 2 is 1.74 bits per heavy atom. The lowest BCUT2D eigenvalue weighted by molar-refractivity contribution is -0.139. The lowest BCUT2D eigenvalue weighted by Gasteiger charge is -2.12. The molecule has 1 amide bonds. The number of hydrogen-bond acceptors (Lipinski definition) is 4. The highest BCUT2D eigenvalue weighted by Gasteiger charge is 2.26. The van der Waals surface area contributed by atoms with Gasteiger partial charge in [0.15, 0.2) is 0 Å². The van der Waals surface area contributed by atoms with Gasteiger partial charge in [0, 0.05) is 24.9 Å². The first kappa shape index (κ1) is 20.2. The number of nitrogens with zero attached hydrogens (tertiary/aromatic N) is 2. The number of amides is 1. The predicted molar refractivity (Wildman–Crippen MR) is 92.9 cm³/mol. The second kappa shape index (κ2) is 9.03. The number of hydrogen-bond donors (Lipinski definition) is 1. The van der Waals surface area contributed by atoms with Crippen LogP contribution in [0.4, 0.5) is 13.2 Å². The fourth-order valence-electron chi connectivity index (χ4n) is 2.10. The van der Waals surface area contributed by atoms with Crippen molar-refractivity contribution in [1.82, 2.24) is 15.3 Å². The van der Waals surface area contributed by atoms with E-state index in [0.29, 0.717) is 5.56 Å². The molecule has 0 bridgehead atoms. The number of carbonyl (C=O) groups excluding carboxylic acids is 1. The minimum Gasteiger partial charge on any atom is -0.463 e. The van der Waals surface area contributed by atoms with E-state index in [4.69, 9.17) is 4.74 Å². The number of nitrogens with one attached hydrogen (secondary N) is 1. The third-order valence-corrected chi connectivity index (χ3v) is 3.43. The summed E-state index contributed by atoms with van der Waals surface area (Å²) in [5.41, 5.74) is 2.23. The van der Waals surface area contributed by atoms with E-state index < -0.39 is 19.2 Å². The van der Waals surface area contributed by atoms with E-state index >= 15 is 0 Å². The number of aromatic nitrogens is 2. The monoisotopic (exact) mass is 377 g/mol. The molecule has 0 aliphatic rings. The van der Waals surface area contributed by atoms with Crippen molar-refractivity contribution in [2.75, 3.05) is 6.61 Å². The molecule has 1 N–H and O–H groups in total. The van der Waals surface area contributed by atoms with E-state index in [9.17, 15) is 18.0 Å². The van der Waals surface area contributed by atoms with Crippen LogP contribution in [0, 0.1) is 11.8 Å². The number of benzene rings is 1. The van der Waals surface area contributed by atoms with Gasteiger partial charge >= 0.3 is 12.2 Å². The Balaban J connectivity index is 1.94. The molecule has 2 rings (SSSR count). The summed E-state index contributed by atoms with van der Waals surface area (Å²) < 4.78 is 41.0. The first-order valence-electron chi connectivity index (χ1n) is 8.13. The van der Waals surface area contributed by atoms with E-state index in [2.05, 4.69) is 27.1 Å². The highest BCUT2D eigenvalue weighted by atomic mass is 19.4. The third-order valence-electron chi connectivity index (χ3n) is 3.43. The van der Waals surface area contributed by atoms with Crippen LogP contribution in [0.25, 0.3) is 0 Å². The summed E-state index contributed by atoms with van der Waals surface area (Å²) in [6, 6.07) is 7.19. The molecule has 5 nitrogen and oxygen atoms in total. The number of alkyl halides is 3. The Hall–Kier alpha value is -3.08. The maximum Gasteiger partial charge on any atom is 0.392 e. The van der Waals surface area contributed by atoms with Gasteiger partial charge in [-0.25, -0.2) is 9.97 Å². The molecule has 0 fully saturated rings. The smallest absolute Gasteiger partial charge is 0.392 e. The maximum atomic E-state index is 12.1. The highest BCUT2D eigenvalue weighted by Crippen LogP contribution is 2.19. The van der Waals surface area contributed by atoms with Crippen molar-refractivity contribution in [1.29, 1.82) is 0 Å². The molecule has 0 spiro atoms. The van der Waals surface area contributed by atoms with Crippen LogP contribution in [0.15, 0.2) is 36.7 Å². The highest BCUT2D eigenvalue weighted by molar-refractivity contribution is 5.73. The average molecular weight is 377 g/mol. The number of halogens is 3. The van der Waals surface area contributed by atoms with Crippen LogP contribution in [-0.2, 0) is 4.79 Å². The van der Waals surface area contributed by atoms with Gasteiger partial charge in [0.05, 0.1) is 18.0 Å². The molecule has 0 aliphatic carbocycles. The summed E-state index contributed by atoms with van der Waals surface area (Å²) in [5.74, 6) is 5.71. The first-order valence-corrected chi connectivity index (χ1v) is 8.13. The molecule has 2 aromatic rings. The van der Waals surface area contributed by atoms with Crippen LogP contribution in [0.5, 0.6) is 6.01 Å². The molecular weight excluding hydrogens is 359 g/mol. The zero-order valence-electron chi connectivity index (χ0n) is 14.8. The SMILES string of the molecule is CC(=O)NC(C)c1ccc(C#Cc2cnc(OCCC(F)(F)F)nc2)cc1. The molecule has 0 saturated heterocycles. The van der Waals surface area contributed by atoms with Gasteiger partial charge in [0.25, 0.3) is 0 Å². The normalized spacial score (nSPS) is 11.9. The van der Waals surface area contributed by atoms with E-state index in [-0.39, 0.29) is 18.0 Å². The summed E-state index contributed by atoms with van der Waals surface area (Å²) in [7, 11) is 0. The molecule has 8 heteroatoms. The van der Waals surface area contributed by atoms with E-state index in [1.54, 1.807) is 0 Å². The third kappa shape index (κ3) is 7.36. The summed E-state index contributed by atoms with van der Waals surface area (Å²) in [4.78, 5) is 18.7. The first-order chi connectivity index (χ1) is 12.7. The fraction of sp³-hybridized carbons (Fsp3) is 0.316. The molecule has 0 aliphatic heterocycles. The molecule has 1 heterocycles. The Morgan fingerprint density at radius 1 is 1.15 bits per heavy atom. The van der Waals surface area contributed by atoms with Crippen molar-refractivity contribution < 1.29 is 22.7 Å². The predicted octanol–water partition coefficient (Wildman–Crippen LogP) is 3.40. The number of ether oxygens (including phenoxy) is 1. The average Bonchev–Trinajstić information content (AvgIpc) is 2.60. The zero-order valence-corrected chi connectivity index (χ0v) is 14.8. The van der Waals surface area contributed by atoms with E-state index in [1.807, 2.05) is 31.2 Å². The van der Waals surface area contributed by atoms with Crippen molar-refractivity contribution in [3.8, 4) is 17.9 Å². The molecule has 142 valence electrons. The van der Waals surface area contributed by atoms with Crippen LogP contribution in [0.1, 0.15) is 43.0 Å². The van der Waals surface area contributed by atoms with Crippen molar-refractivity contribution in [2.45, 2.75) is 32.5 Å². The van der Waals surface area contributed by atoms with Crippen molar-refractivity contribution >= 4 is 5.91 Å². The largest absolute Gasteiger partial charge is 0.463 e. The van der Waals surface area contributed by atoms with Crippen molar-refractivity contribution in [3.63, 3.8) is 0 Å². The van der Waals surface area contributed by atoms with Gasteiger partial charge in [-0.1, -0.05) is 24.0 Å². The van der Waals surface area contributed by atoms with Crippen LogP contribution in [-0.4, -0.2) is 28.7 Å². The lowest BCUT2D eigenvalue weighted by atomic mass is 10.1. The molecule has 1 unspecified atom stereocenters. The second-order valence-corrected chi connectivity index (χ2v) is 5.76. The topological polar surface area (TPSA) is 64.1 Å². The standard InChI is InChI=1S/C19H18F3N3O2/c1-13(25-14(2)26)17-7-5-15(6-8-17)3-4-16-11-23-18(24-12-16)27-10-9-19(20,21)22/h5-8,11-13H,9-10H2,1-2H3,(H,25,26). The quantitative estimate of drug-likeness (QED) is 0.811. The van der Waals surface area contributed by atoms with Crippen LogP contribution >= 0.6 is 0 Å². The van der Waals surface area contributed by atoms with E-state index in [0.717, 1.165) is 11.1 Å². The van der Waals surface area contributed by atoms with Crippen LogP contribution in [0.2, 0.25) is 0 Å². The molecule has 0 saturated carbocycles. The molecule has 0 radical (unpaired) electrons. The van der Waals surface area contributed by atoms with Crippen molar-refractivity contribution in [2.24, 2.45) is 0 Å². The molecule has 1 aromatic heterocycles. The minimum atomic E-state index is -4.28. The zero-order chi connectivity index (χ0) is 19.9. The minimum absolute atomic E-state index is 0.0946. The summed E-state index contributed by atoms with van der Waals surface area (Å²) >= 11 is 0. The lowest BCUT2D eigenvalue weighted by Crippen LogP contribution is -2.23. The van der Waals surface area contributed by atoms with Gasteiger partial charge in [0.2, 0.25) is 5.91 Å². The summed E-state index contributed by atoms with van der Waals surface area (Å²) in [6.07, 6.45) is -2.57. The van der Waals surface area contributed by atoms with Gasteiger partial charge in [-0.3, -0.25) is 4.79 Å². The maximum absolute atomic E-state index is 12.1. The summed E-state index contributed by atoms with van der Waals surface area (Å²) in [5, 5.41) is 2.80. The Labute approximate surface area is 155 Å². The van der Waals surface area contributed by atoms with Crippen molar-refractivity contribution in [3.05, 3.63) is 53.3 Å². The Kier molecular flexibility index (Phi) is 6.77. The van der Waals surface area contributed by atoms with Gasteiger partial charge in [-0.05, 0) is 24.6 Å². The van der Waals surface area contributed by atoms with Gasteiger partial charge in [-0.2, -0.15) is 13.2 Å². The van der Waals surface area contributed by atoms with Gasteiger partial charge in [-0.15, -0.1) is 0 Å². The molecule has 1 aromatic carbocycles. The molecule has 27 heavy (non-hydrogen) atoms. The van der Waals surface area contributed by atoms with Crippen LogP contribution < -0.4 is 10.1 Å². The van der Waals surface area contributed by atoms with E-state index in [1.165, 1.54) is 19.3 Å². The van der Waals surface area contributed by atoms with Crippen LogP contribution in [0.3, 0.4) is 0 Å². The second-order valence-electron chi connectivity index (χ2n) is 5.76. The number of carbonyl (C=O) groups is 1. The molecule has 1 atom stereocenters. The Bertz CT molecular complexity index is 823. The van der Waals surface area contributed by atoms with Gasteiger partial charge < -0.3 is 10.1 Å².